The summed E-state index contributed by atoms with van der Waals surface area (Å²) in [5, 5.41) is 3.14. The summed E-state index contributed by atoms with van der Waals surface area (Å²) in [6.45, 7) is 4.05. The molecule has 1 heterocycles. The van der Waals surface area contributed by atoms with Crippen LogP contribution in [0.2, 0.25) is 0 Å². The van der Waals surface area contributed by atoms with Crippen LogP contribution < -0.4 is 10.0 Å². The second-order valence-electron chi connectivity index (χ2n) is 5.27. The first kappa shape index (κ1) is 16.4. The molecular weight excluding hydrogens is 266 g/mol. The van der Waals surface area contributed by atoms with E-state index in [9.17, 15) is 13.2 Å². The molecule has 1 fully saturated rings. The molecule has 6 nitrogen and oxygen atoms in total. The summed E-state index contributed by atoms with van der Waals surface area (Å²) in [5.74, 6) is 0.534. The van der Waals surface area contributed by atoms with Crippen molar-refractivity contribution in [1.82, 2.24) is 14.9 Å². The van der Waals surface area contributed by atoms with E-state index in [2.05, 4.69) is 10.0 Å². The average Bonchev–Trinajstić information content (AvgIpc) is 2.34. The fraction of sp³-hybridized carbons (Fsp3) is 0.917. The number of hydrogen-bond acceptors (Lipinski definition) is 4. The molecule has 1 aliphatic rings. The monoisotopic (exact) mass is 291 g/mol. The van der Waals surface area contributed by atoms with Crippen molar-refractivity contribution in [1.29, 1.82) is 0 Å². The SMILES string of the molecule is CNCCC1CCN(C(=O)C(C)NS(C)(=O)=O)CC1. The van der Waals surface area contributed by atoms with Crippen molar-refractivity contribution in [3.63, 3.8) is 0 Å². The van der Waals surface area contributed by atoms with Crippen molar-refractivity contribution in [2.24, 2.45) is 5.92 Å². The number of amides is 1. The summed E-state index contributed by atoms with van der Waals surface area (Å²) in [5.41, 5.74) is 0. The van der Waals surface area contributed by atoms with Crippen LogP contribution in [0.25, 0.3) is 0 Å². The Kier molecular flexibility index (Phi) is 6.22. The lowest BCUT2D eigenvalue weighted by Gasteiger charge is -2.33. The van der Waals surface area contributed by atoms with E-state index in [1.807, 2.05) is 7.05 Å². The normalized spacial score (nSPS) is 19.4. The van der Waals surface area contributed by atoms with Crippen LogP contribution in [-0.2, 0) is 14.8 Å². The fourth-order valence-electron chi connectivity index (χ4n) is 2.44. The molecule has 0 aromatic rings. The standard InChI is InChI=1S/C12H25N3O3S/c1-10(14-19(3,17)18)12(16)15-8-5-11(6-9-15)4-7-13-2/h10-11,13-14H,4-9H2,1-3H3. The van der Waals surface area contributed by atoms with E-state index >= 15 is 0 Å². The van der Waals surface area contributed by atoms with Gasteiger partial charge in [0.1, 0.15) is 0 Å². The Morgan fingerprint density at radius 2 is 1.95 bits per heavy atom. The summed E-state index contributed by atoms with van der Waals surface area (Å²) in [7, 11) is -1.39. The molecule has 1 atom stereocenters. The molecule has 0 aliphatic carbocycles. The number of nitrogens with zero attached hydrogens (tertiary/aromatic N) is 1. The lowest BCUT2D eigenvalue weighted by atomic mass is 9.93. The maximum atomic E-state index is 12.1. The predicted molar refractivity (Wildman–Crippen MR) is 75.3 cm³/mol. The molecule has 19 heavy (non-hydrogen) atoms. The maximum Gasteiger partial charge on any atom is 0.240 e. The molecule has 0 aromatic heterocycles. The molecule has 0 aromatic carbocycles. The van der Waals surface area contributed by atoms with Gasteiger partial charge < -0.3 is 10.2 Å². The van der Waals surface area contributed by atoms with Gasteiger partial charge in [0.15, 0.2) is 0 Å². The Bertz CT molecular complexity index is 389. The zero-order valence-corrected chi connectivity index (χ0v) is 12.8. The zero-order chi connectivity index (χ0) is 14.5. The molecule has 7 heteroatoms. The third-order valence-electron chi connectivity index (χ3n) is 3.49. The number of sulfonamides is 1. The molecule has 1 amide bonds. The summed E-state index contributed by atoms with van der Waals surface area (Å²) in [4.78, 5) is 13.8. The predicted octanol–water partition coefficient (Wildman–Crippen LogP) is -0.228. The minimum Gasteiger partial charge on any atom is -0.341 e. The number of rotatable bonds is 6. The highest BCUT2D eigenvalue weighted by Crippen LogP contribution is 2.20. The fourth-order valence-corrected chi connectivity index (χ4v) is 3.18. The van der Waals surface area contributed by atoms with Crippen molar-refractivity contribution in [3.8, 4) is 0 Å². The van der Waals surface area contributed by atoms with Crippen LogP contribution in [-0.4, -0.2) is 58.2 Å². The van der Waals surface area contributed by atoms with Crippen molar-refractivity contribution in [3.05, 3.63) is 0 Å². The van der Waals surface area contributed by atoms with E-state index in [-0.39, 0.29) is 5.91 Å². The van der Waals surface area contributed by atoms with Crippen LogP contribution in [0.5, 0.6) is 0 Å². The minimum atomic E-state index is -3.34. The lowest BCUT2D eigenvalue weighted by molar-refractivity contribution is -0.134. The molecule has 1 rings (SSSR count). The molecule has 1 aliphatic heterocycles. The largest absolute Gasteiger partial charge is 0.341 e. The van der Waals surface area contributed by atoms with Gasteiger partial charge in [0.05, 0.1) is 12.3 Å². The Labute approximate surface area is 116 Å². The summed E-state index contributed by atoms with van der Waals surface area (Å²) >= 11 is 0. The highest BCUT2D eigenvalue weighted by Gasteiger charge is 2.26. The molecule has 0 saturated carbocycles. The molecule has 0 radical (unpaired) electrons. The van der Waals surface area contributed by atoms with Gasteiger partial charge in [-0.25, -0.2) is 13.1 Å². The molecule has 1 saturated heterocycles. The van der Waals surface area contributed by atoms with E-state index < -0.39 is 16.1 Å². The van der Waals surface area contributed by atoms with Crippen molar-refractivity contribution >= 4 is 15.9 Å². The molecule has 0 bridgehead atoms. The molecule has 0 spiro atoms. The van der Waals surface area contributed by atoms with Gasteiger partial charge >= 0.3 is 0 Å². The third-order valence-corrected chi connectivity index (χ3v) is 4.27. The first-order valence-electron chi connectivity index (χ1n) is 6.74. The first-order valence-corrected chi connectivity index (χ1v) is 8.63. The molecule has 112 valence electrons. The second kappa shape index (κ2) is 7.21. The molecule has 1 unspecified atom stereocenters. The zero-order valence-electron chi connectivity index (χ0n) is 12.0. The van der Waals surface area contributed by atoms with Gasteiger partial charge in [0.2, 0.25) is 15.9 Å². The van der Waals surface area contributed by atoms with Gasteiger partial charge in [0, 0.05) is 13.1 Å². The van der Waals surface area contributed by atoms with Crippen LogP contribution in [0.3, 0.4) is 0 Å². The van der Waals surface area contributed by atoms with Crippen molar-refractivity contribution < 1.29 is 13.2 Å². The van der Waals surface area contributed by atoms with Crippen molar-refractivity contribution in [2.45, 2.75) is 32.2 Å². The Morgan fingerprint density at radius 1 is 1.37 bits per heavy atom. The van der Waals surface area contributed by atoms with Crippen LogP contribution in [0.4, 0.5) is 0 Å². The topological polar surface area (TPSA) is 78.5 Å². The van der Waals surface area contributed by atoms with Gasteiger partial charge in [-0.3, -0.25) is 4.79 Å². The number of likely N-dealkylation sites (tertiary alicyclic amines) is 1. The Hall–Kier alpha value is -0.660. The summed E-state index contributed by atoms with van der Waals surface area (Å²) in [6, 6.07) is -0.677. The second-order valence-corrected chi connectivity index (χ2v) is 7.05. The third kappa shape index (κ3) is 5.88. The van der Waals surface area contributed by atoms with Crippen molar-refractivity contribution in [2.75, 3.05) is 32.9 Å². The first-order chi connectivity index (χ1) is 8.83. The molecule has 2 N–H and O–H groups in total. The lowest BCUT2D eigenvalue weighted by Crippen LogP contribution is -2.49. The number of piperidine rings is 1. The van der Waals surface area contributed by atoms with Crippen LogP contribution in [0, 0.1) is 5.92 Å². The van der Waals surface area contributed by atoms with E-state index in [0.29, 0.717) is 5.92 Å². The molecular formula is C12H25N3O3S. The van der Waals surface area contributed by atoms with Gasteiger partial charge in [-0.05, 0) is 45.7 Å². The summed E-state index contributed by atoms with van der Waals surface area (Å²) < 4.78 is 24.6. The van der Waals surface area contributed by atoms with Gasteiger partial charge in [-0.2, -0.15) is 0 Å². The van der Waals surface area contributed by atoms with E-state index in [1.165, 1.54) is 0 Å². The highest BCUT2D eigenvalue weighted by molar-refractivity contribution is 7.88. The maximum absolute atomic E-state index is 12.1. The van der Waals surface area contributed by atoms with E-state index in [4.69, 9.17) is 0 Å². The Morgan fingerprint density at radius 3 is 2.42 bits per heavy atom. The smallest absolute Gasteiger partial charge is 0.240 e. The summed E-state index contributed by atoms with van der Waals surface area (Å²) in [6.07, 6.45) is 4.20. The van der Waals surface area contributed by atoms with Gasteiger partial charge in [-0.15, -0.1) is 0 Å². The van der Waals surface area contributed by atoms with E-state index in [1.54, 1.807) is 11.8 Å². The van der Waals surface area contributed by atoms with Gasteiger partial charge in [-0.1, -0.05) is 0 Å². The number of carbonyl (C=O) groups is 1. The number of hydrogen-bond donors (Lipinski definition) is 2. The minimum absolute atomic E-state index is 0.127. The average molecular weight is 291 g/mol. The highest BCUT2D eigenvalue weighted by atomic mass is 32.2. The van der Waals surface area contributed by atoms with Crippen LogP contribution >= 0.6 is 0 Å². The van der Waals surface area contributed by atoms with Crippen LogP contribution in [0.15, 0.2) is 0 Å². The Balaban J connectivity index is 2.40. The number of nitrogens with one attached hydrogen (secondary N) is 2. The van der Waals surface area contributed by atoms with Crippen LogP contribution in [0.1, 0.15) is 26.2 Å². The number of carbonyl (C=O) groups excluding carboxylic acids is 1. The van der Waals surface area contributed by atoms with E-state index in [0.717, 1.165) is 45.2 Å². The quantitative estimate of drug-likeness (QED) is 0.709. The van der Waals surface area contributed by atoms with Gasteiger partial charge in [0.25, 0.3) is 0 Å².